The van der Waals surface area contributed by atoms with Crippen LogP contribution in [0.3, 0.4) is 0 Å². The largest absolute Gasteiger partial charge is 0.289 e. The minimum Gasteiger partial charge on any atom is -0.289 e. The molecule has 0 aromatic rings. The molecule has 0 aliphatic heterocycles. The van der Waals surface area contributed by atoms with Gasteiger partial charge in [0.05, 0.1) is 0 Å². The van der Waals surface area contributed by atoms with E-state index in [9.17, 15) is 0 Å². The van der Waals surface area contributed by atoms with Crippen molar-refractivity contribution < 1.29 is 0 Å². The monoisotopic (exact) mass is 223 g/mol. The highest BCUT2D eigenvalue weighted by Crippen LogP contribution is 1.88. The van der Waals surface area contributed by atoms with Crippen molar-refractivity contribution in [3.05, 3.63) is 0 Å². The highest BCUT2D eigenvalue weighted by atomic mass is 127. The van der Waals surface area contributed by atoms with Gasteiger partial charge in [0.1, 0.15) is 6.34 Å². The Balaban J connectivity index is 3.79. The average Bonchev–Trinajstić information content (AvgIpc) is 1.68. The molecule has 0 aromatic heterocycles. The number of nitrogens with one attached hydrogen (secondary N) is 1. The maximum Gasteiger partial charge on any atom is 0.191 e. The van der Waals surface area contributed by atoms with Crippen molar-refractivity contribution in [2.75, 3.05) is 0 Å². The van der Waals surface area contributed by atoms with Gasteiger partial charge in [0.25, 0.3) is 0 Å². The van der Waals surface area contributed by atoms with Crippen LogP contribution >= 0.6 is 22.6 Å². The average molecular weight is 223 g/mol. The second kappa shape index (κ2) is 4.89. The van der Waals surface area contributed by atoms with Crippen molar-refractivity contribution in [1.82, 2.24) is 0 Å². The number of hydrogen-bond acceptors (Lipinski definition) is 1. The second-order valence-corrected chi connectivity index (χ2v) is 1.88. The van der Waals surface area contributed by atoms with E-state index in [0.29, 0.717) is 3.84 Å². The molecule has 4 heteroatoms. The van der Waals surface area contributed by atoms with Crippen LogP contribution in [0.15, 0.2) is 9.98 Å². The van der Waals surface area contributed by atoms with Crippen LogP contribution in [0.1, 0.15) is 6.92 Å². The zero-order valence-electron chi connectivity index (χ0n) is 4.43. The molecule has 0 aliphatic carbocycles. The molecular formula is C4H6IN3. The molecule has 44 valence electrons. The van der Waals surface area contributed by atoms with Gasteiger partial charge < -0.3 is 0 Å². The van der Waals surface area contributed by atoms with Gasteiger partial charge in [-0.25, -0.2) is 9.98 Å². The molecule has 0 rings (SSSR count). The maximum atomic E-state index is 6.52. The zero-order chi connectivity index (χ0) is 6.41. The first kappa shape index (κ1) is 7.74. The summed E-state index contributed by atoms with van der Waals surface area (Å²) in [6, 6.07) is 0. The summed E-state index contributed by atoms with van der Waals surface area (Å²) in [5.74, 6) is 0. The Hall–Kier alpha value is -0.260. The molecule has 8 heavy (non-hydrogen) atoms. The Labute approximate surface area is 61.6 Å². The van der Waals surface area contributed by atoms with Gasteiger partial charge in [-0.1, -0.05) is 0 Å². The van der Waals surface area contributed by atoms with Crippen molar-refractivity contribution in [2.45, 2.75) is 6.92 Å². The van der Waals surface area contributed by atoms with Crippen LogP contribution < -0.4 is 0 Å². The van der Waals surface area contributed by atoms with Gasteiger partial charge in [-0.3, -0.25) is 5.41 Å². The summed E-state index contributed by atoms with van der Waals surface area (Å²) in [5, 5.41) is 6.52. The molecule has 3 nitrogen and oxygen atoms in total. The lowest BCUT2D eigenvalue weighted by molar-refractivity contribution is 1.51. The maximum absolute atomic E-state index is 6.52. The third-order valence-electron chi connectivity index (χ3n) is 0.407. The smallest absolute Gasteiger partial charge is 0.191 e. The molecular weight excluding hydrogens is 217 g/mol. The lowest BCUT2D eigenvalue weighted by Gasteiger charge is -1.78. The minimum atomic E-state index is 0.583. The number of amidine groups is 1. The molecule has 0 bridgehead atoms. The molecule has 0 unspecified atom stereocenters. The Morgan fingerprint density at radius 2 is 2.38 bits per heavy atom. The molecule has 0 fully saturated rings. The third-order valence-corrected chi connectivity index (χ3v) is 0.964. The summed E-state index contributed by atoms with van der Waals surface area (Å²) in [5.41, 5.74) is 0. The summed E-state index contributed by atoms with van der Waals surface area (Å²) in [6.07, 6.45) is 2.60. The summed E-state index contributed by atoms with van der Waals surface area (Å²) >= 11 is 1.94. The van der Waals surface area contributed by atoms with Crippen molar-refractivity contribution >= 4 is 39.0 Å². The topological polar surface area (TPSA) is 48.6 Å². The van der Waals surface area contributed by atoms with E-state index in [-0.39, 0.29) is 0 Å². The summed E-state index contributed by atoms with van der Waals surface area (Å²) in [7, 11) is 0. The predicted molar refractivity (Wildman–Crippen MR) is 44.4 cm³/mol. The minimum absolute atomic E-state index is 0.583. The second-order valence-electron chi connectivity index (χ2n) is 0.915. The van der Waals surface area contributed by atoms with E-state index in [4.69, 9.17) is 5.41 Å². The molecule has 0 aliphatic rings. The fourth-order valence-electron chi connectivity index (χ4n) is 0.193. The standard InChI is InChI=1S/C4H6IN3/c1-2-7-4(5)8-3-6/h2-3,6H,1H3. The highest BCUT2D eigenvalue weighted by molar-refractivity contribution is 14.1. The Kier molecular flexibility index (Phi) is 4.73. The summed E-state index contributed by atoms with van der Waals surface area (Å²) in [6.45, 7) is 1.80. The van der Waals surface area contributed by atoms with Gasteiger partial charge in [0, 0.05) is 28.8 Å². The zero-order valence-corrected chi connectivity index (χ0v) is 6.58. The summed E-state index contributed by atoms with van der Waals surface area (Å²) in [4.78, 5) is 7.34. The molecule has 0 heterocycles. The van der Waals surface area contributed by atoms with E-state index >= 15 is 0 Å². The van der Waals surface area contributed by atoms with Crippen LogP contribution in [0.4, 0.5) is 0 Å². The predicted octanol–water partition coefficient (Wildman–Crippen LogP) is 1.48. The molecule has 0 saturated heterocycles. The normalized spacial score (nSPS) is 12.5. The summed E-state index contributed by atoms with van der Waals surface area (Å²) < 4.78 is 0.583. The molecule has 0 atom stereocenters. The van der Waals surface area contributed by atoms with Crippen molar-refractivity contribution in [2.24, 2.45) is 9.98 Å². The van der Waals surface area contributed by atoms with Gasteiger partial charge in [-0.05, 0) is 6.92 Å². The van der Waals surface area contributed by atoms with Gasteiger partial charge in [-0.15, -0.1) is 0 Å². The van der Waals surface area contributed by atoms with E-state index in [1.807, 2.05) is 22.6 Å². The van der Waals surface area contributed by atoms with Crippen LogP contribution in [0.5, 0.6) is 0 Å². The first-order chi connectivity index (χ1) is 3.81. The van der Waals surface area contributed by atoms with Crippen molar-refractivity contribution in [1.29, 1.82) is 5.41 Å². The molecule has 0 radical (unpaired) electrons. The van der Waals surface area contributed by atoms with Gasteiger partial charge >= 0.3 is 0 Å². The van der Waals surface area contributed by atoms with E-state index in [0.717, 1.165) is 6.34 Å². The quantitative estimate of drug-likeness (QED) is 0.303. The number of nitrogens with zero attached hydrogens (tertiary/aromatic N) is 2. The van der Waals surface area contributed by atoms with E-state index in [2.05, 4.69) is 9.98 Å². The van der Waals surface area contributed by atoms with Crippen molar-refractivity contribution in [3.63, 3.8) is 0 Å². The molecule has 0 saturated carbocycles. The van der Waals surface area contributed by atoms with Crippen LogP contribution in [0.25, 0.3) is 0 Å². The van der Waals surface area contributed by atoms with Crippen molar-refractivity contribution in [3.8, 4) is 0 Å². The number of aliphatic imine (C=N–C) groups is 2. The fourth-order valence-corrected chi connectivity index (χ4v) is 0.611. The molecule has 0 aromatic carbocycles. The van der Waals surface area contributed by atoms with E-state index in [1.165, 1.54) is 0 Å². The lowest BCUT2D eigenvalue weighted by atomic mass is 10.9. The first-order valence-electron chi connectivity index (χ1n) is 2.02. The van der Waals surface area contributed by atoms with E-state index in [1.54, 1.807) is 13.1 Å². The molecule has 0 amide bonds. The third kappa shape index (κ3) is 3.91. The van der Waals surface area contributed by atoms with Gasteiger partial charge in [-0.2, -0.15) is 0 Å². The Bertz CT molecular complexity index is 127. The van der Waals surface area contributed by atoms with Crippen LogP contribution in [0.2, 0.25) is 0 Å². The molecule has 0 spiro atoms. The lowest BCUT2D eigenvalue weighted by Crippen LogP contribution is -1.78. The number of hydrogen-bond donors (Lipinski definition) is 1. The Morgan fingerprint density at radius 3 is 2.75 bits per heavy atom. The van der Waals surface area contributed by atoms with Crippen LogP contribution in [-0.4, -0.2) is 16.4 Å². The number of halogens is 1. The first-order valence-corrected chi connectivity index (χ1v) is 3.10. The van der Waals surface area contributed by atoms with Crippen LogP contribution in [-0.2, 0) is 0 Å². The Morgan fingerprint density at radius 1 is 1.75 bits per heavy atom. The fraction of sp³-hybridized carbons (Fsp3) is 0.250. The molecule has 1 N–H and O–H groups in total. The van der Waals surface area contributed by atoms with Gasteiger partial charge in [0.15, 0.2) is 3.84 Å². The van der Waals surface area contributed by atoms with E-state index < -0.39 is 0 Å². The van der Waals surface area contributed by atoms with Crippen LogP contribution in [0, 0.1) is 5.41 Å². The highest BCUT2D eigenvalue weighted by Gasteiger charge is 1.78. The number of rotatable bonds is 1. The van der Waals surface area contributed by atoms with Gasteiger partial charge in [0.2, 0.25) is 0 Å². The SMILES string of the molecule is CC=NC(I)=NC=N.